The maximum absolute atomic E-state index is 13.2. The first-order chi connectivity index (χ1) is 11.8. The second-order valence-electron chi connectivity index (χ2n) is 6.28. The molecule has 1 aromatic carbocycles. The molecule has 1 fully saturated rings. The van der Waals surface area contributed by atoms with E-state index in [0.29, 0.717) is 12.1 Å². The first-order valence-corrected chi connectivity index (χ1v) is 10.0. The number of aromatic nitrogens is 2. The predicted octanol–water partition coefficient (Wildman–Crippen LogP) is 2.30. The SMILES string of the molecule is Cn1cc(N2CCCC(NS(=O)(=O)Cc3ccc(F)c(Cl)c3)C2)cn1. The zero-order valence-electron chi connectivity index (χ0n) is 13.8. The molecule has 1 aliphatic rings. The van der Waals surface area contributed by atoms with E-state index in [9.17, 15) is 12.8 Å². The average molecular weight is 387 g/mol. The Bertz CT molecular complexity index is 856. The minimum atomic E-state index is -3.54. The van der Waals surface area contributed by atoms with Crippen molar-refractivity contribution in [3.63, 3.8) is 0 Å². The minimum Gasteiger partial charge on any atom is -0.367 e. The highest BCUT2D eigenvalue weighted by Crippen LogP contribution is 2.21. The summed E-state index contributed by atoms with van der Waals surface area (Å²) in [6.45, 7) is 1.46. The van der Waals surface area contributed by atoms with E-state index in [1.165, 1.54) is 18.2 Å². The highest BCUT2D eigenvalue weighted by molar-refractivity contribution is 7.88. The van der Waals surface area contributed by atoms with Crippen LogP contribution in [0.2, 0.25) is 5.02 Å². The number of rotatable bonds is 5. The Hall–Kier alpha value is -1.64. The fourth-order valence-corrected chi connectivity index (χ4v) is 4.63. The van der Waals surface area contributed by atoms with Gasteiger partial charge in [-0.25, -0.2) is 17.5 Å². The van der Waals surface area contributed by atoms with Gasteiger partial charge in [-0.15, -0.1) is 0 Å². The summed E-state index contributed by atoms with van der Waals surface area (Å²) >= 11 is 5.72. The molecule has 3 rings (SSSR count). The zero-order chi connectivity index (χ0) is 18.0. The minimum absolute atomic E-state index is 0.0758. The van der Waals surface area contributed by atoms with Crippen molar-refractivity contribution in [2.45, 2.75) is 24.6 Å². The molecule has 1 unspecified atom stereocenters. The molecule has 2 heterocycles. The van der Waals surface area contributed by atoms with Crippen LogP contribution in [0.4, 0.5) is 10.1 Å². The van der Waals surface area contributed by atoms with E-state index in [0.717, 1.165) is 25.1 Å². The van der Waals surface area contributed by atoms with Gasteiger partial charge in [0.1, 0.15) is 5.82 Å². The Morgan fingerprint density at radius 1 is 1.44 bits per heavy atom. The molecule has 136 valence electrons. The molecule has 1 aromatic heterocycles. The van der Waals surface area contributed by atoms with Crippen molar-refractivity contribution in [3.8, 4) is 0 Å². The molecule has 2 aromatic rings. The summed E-state index contributed by atoms with van der Waals surface area (Å²) in [5.74, 6) is -0.786. The van der Waals surface area contributed by atoms with Crippen LogP contribution in [0.5, 0.6) is 0 Å². The topological polar surface area (TPSA) is 67.2 Å². The van der Waals surface area contributed by atoms with E-state index in [1.54, 1.807) is 10.9 Å². The van der Waals surface area contributed by atoms with Gasteiger partial charge in [-0.2, -0.15) is 5.10 Å². The van der Waals surface area contributed by atoms with Crippen LogP contribution in [0.3, 0.4) is 0 Å². The molecule has 0 radical (unpaired) electrons. The summed E-state index contributed by atoms with van der Waals surface area (Å²) in [4.78, 5) is 2.12. The molecule has 0 aliphatic carbocycles. The number of benzene rings is 1. The Kier molecular flexibility index (Phi) is 5.31. The number of hydrogen-bond donors (Lipinski definition) is 1. The molecular formula is C16H20ClFN4O2S. The molecule has 0 amide bonds. The van der Waals surface area contributed by atoms with Crippen molar-refractivity contribution < 1.29 is 12.8 Å². The Morgan fingerprint density at radius 2 is 2.24 bits per heavy atom. The number of sulfonamides is 1. The number of halogens is 2. The number of aryl methyl sites for hydroxylation is 1. The van der Waals surface area contributed by atoms with E-state index in [2.05, 4.69) is 14.7 Å². The lowest BCUT2D eigenvalue weighted by molar-refractivity contribution is 0.465. The quantitative estimate of drug-likeness (QED) is 0.856. The van der Waals surface area contributed by atoms with Gasteiger partial charge in [0, 0.05) is 32.4 Å². The predicted molar refractivity (Wildman–Crippen MR) is 95.6 cm³/mol. The van der Waals surface area contributed by atoms with Crippen LogP contribution < -0.4 is 9.62 Å². The van der Waals surface area contributed by atoms with Crippen LogP contribution in [-0.2, 0) is 22.8 Å². The van der Waals surface area contributed by atoms with E-state index >= 15 is 0 Å². The van der Waals surface area contributed by atoms with Crippen LogP contribution in [0, 0.1) is 5.82 Å². The maximum Gasteiger partial charge on any atom is 0.216 e. The van der Waals surface area contributed by atoms with Gasteiger partial charge in [0.2, 0.25) is 10.0 Å². The summed E-state index contributed by atoms with van der Waals surface area (Å²) in [7, 11) is -1.69. The van der Waals surface area contributed by atoms with Gasteiger partial charge in [0.05, 0.1) is 22.7 Å². The van der Waals surface area contributed by atoms with Crippen LogP contribution >= 0.6 is 11.6 Å². The fourth-order valence-electron chi connectivity index (χ4n) is 3.02. The van der Waals surface area contributed by atoms with Crippen molar-refractivity contribution in [3.05, 3.63) is 47.0 Å². The van der Waals surface area contributed by atoms with Crippen molar-refractivity contribution in [1.82, 2.24) is 14.5 Å². The summed E-state index contributed by atoms with van der Waals surface area (Å²) in [5.41, 5.74) is 1.44. The van der Waals surface area contributed by atoms with Crippen LogP contribution in [0.1, 0.15) is 18.4 Å². The zero-order valence-corrected chi connectivity index (χ0v) is 15.4. The van der Waals surface area contributed by atoms with Crippen molar-refractivity contribution in [1.29, 1.82) is 0 Å². The summed E-state index contributed by atoms with van der Waals surface area (Å²) < 4.78 is 42.5. The smallest absolute Gasteiger partial charge is 0.216 e. The van der Waals surface area contributed by atoms with Crippen molar-refractivity contribution in [2.75, 3.05) is 18.0 Å². The second-order valence-corrected chi connectivity index (χ2v) is 8.44. The Morgan fingerprint density at radius 3 is 2.92 bits per heavy atom. The lowest BCUT2D eigenvalue weighted by Gasteiger charge is -2.33. The standard InChI is InChI=1S/C16H20ClFN4O2S/c1-21-10-14(8-19-21)22-6-2-3-13(9-22)20-25(23,24)11-12-4-5-16(18)15(17)7-12/h4-5,7-8,10,13,20H,2-3,6,9,11H2,1H3. The fraction of sp³-hybridized carbons (Fsp3) is 0.438. The van der Waals surface area contributed by atoms with Gasteiger partial charge in [0.15, 0.2) is 0 Å². The summed E-state index contributed by atoms with van der Waals surface area (Å²) in [6, 6.07) is 3.79. The highest BCUT2D eigenvalue weighted by Gasteiger charge is 2.25. The van der Waals surface area contributed by atoms with E-state index in [-0.39, 0.29) is 16.8 Å². The average Bonchev–Trinajstić information content (AvgIpc) is 2.97. The molecule has 1 aliphatic heterocycles. The molecule has 25 heavy (non-hydrogen) atoms. The van der Waals surface area contributed by atoms with Gasteiger partial charge in [-0.3, -0.25) is 4.68 Å². The number of piperidine rings is 1. The second kappa shape index (κ2) is 7.31. The van der Waals surface area contributed by atoms with Gasteiger partial charge >= 0.3 is 0 Å². The largest absolute Gasteiger partial charge is 0.367 e. The number of hydrogen-bond acceptors (Lipinski definition) is 4. The van der Waals surface area contributed by atoms with E-state index in [4.69, 9.17) is 11.6 Å². The third kappa shape index (κ3) is 4.71. The first kappa shape index (κ1) is 18.2. The number of nitrogens with zero attached hydrogens (tertiary/aromatic N) is 3. The van der Waals surface area contributed by atoms with E-state index in [1.807, 2.05) is 13.2 Å². The van der Waals surface area contributed by atoms with Crippen molar-refractivity contribution in [2.24, 2.45) is 7.05 Å². The van der Waals surface area contributed by atoms with E-state index < -0.39 is 15.8 Å². The van der Waals surface area contributed by atoms with Crippen LogP contribution in [0.25, 0.3) is 0 Å². The number of nitrogens with one attached hydrogen (secondary N) is 1. The normalized spacial score (nSPS) is 18.5. The third-order valence-electron chi connectivity index (χ3n) is 4.16. The van der Waals surface area contributed by atoms with Crippen LogP contribution in [0.15, 0.2) is 30.6 Å². The maximum atomic E-state index is 13.2. The van der Waals surface area contributed by atoms with Crippen molar-refractivity contribution >= 4 is 27.3 Å². The molecule has 0 bridgehead atoms. The van der Waals surface area contributed by atoms with Gasteiger partial charge in [-0.1, -0.05) is 17.7 Å². The van der Waals surface area contributed by atoms with Gasteiger partial charge in [-0.05, 0) is 30.5 Å². The third-order valence-corrected chi connectivity index (χ3v) is 5.86. The van der Waals surface area contributed by atoms with Crippen LogP contribution in [-0.4, -0.2) is 37.3 Å². The monoisotopic (exact) mass is 386 g/mol. The molecule has 1 N–H and O–H groups in total. The van der Waals surface area contributed by atoms with Gasteiger partial charge in [0.25, 0.3) is 0 Å². The first-order valence-electron chi connectivity index (χ1n) is 8.00. The summed E-state index contributed by atoms with van der Waals surface area (Å²) in [6.07, 6.45) is 5.36. The highest BCUT2D eigenvalue weighted by atomic mass is 35.5. The molecule has 1 atom stereocenters. The molecule has 6 nitrogen and oxygen atoms in total. The Balaban J connectivity index is 1.64. The molecule has 0 spiro atoms. The molecule has 0 saturated carbocycles. The molecule has 9 heteroatoms. The van der Waals surface area contributed by atoms with Gasteiger partial charge < -0.3 is 4.90 Å². The molecule has 1 saturated heterocycles. The molecular weight excluding hydrogens is 367 g/mol. The summed E-state index contributed by atoms with van der Waals surface area (Å²) in [5, 5.41) is 4.08. The Labute approximate surface area is 151 Å². The number of anilines is 1. The lowest BCUT2D eigenvalue weighted by atomic mass is 10.1. The lowest BCUT2D eigenvalue weighted by Crippen LogP contribution is -2.48.